The number of fused-ring (bicyclic) bond motifs is 1. The van der Waals surface area contributed by atoms with Crippen LogP contribution in [-0.4, -0.2) is 36.4 Å². The molecule has 5 heteroatoms. The highest BCUT2D eigenvalue weighted by Gasteiger charge is 2.43. The van der Waals surface area contributed by atoms with Crippen molar-refractivity contribution < 1.29 is 24.2 Å². The molecular weight excluding hydrogens is 332 g/mol. The predicted molar refractivity (Wildman–Crippen MR) is 99.1 cm³/mol. The van der Waals surface area contributed by atoms with E-state index in [1.807, 2.05) is 32.9 Å². The van der Waals surface area contributed by atoms with E-state index in [2.05, 4.69) is 13.0 Å². The summed E-state index contributed by atoms with van der Waals surface area (Å²) >= 11 is 0. The smallest absolute Gasteiger partial charge is 0.308 e. The Balaban J connectivity index is 2.27. The second-order valence-electron chi connectivity index (χ2n) is 7.82. The Morgan fingerprint density at radius 1 is 1.27 bits per heavy atom. The molecule has 0 heterocycles. The van der Waals surface area contributed by atoms with Crippen LogP contribution in [0.5, 0.6) is 0 Å². The third kappa shape index (κ3) is 4.56. The molecule has 0 aliphatic heterocycles. The lowest BCUT2D eigenvalue weighted by atomic mass is 9.65. The zero-order chi connectivity index (χ0) is 19.4. The molecule has 2 aliphatic carbocycles. The zero-order valence-electron chi connectivity index (χ0n) is 16.5. The van der Waals surface area contributed by atoms with Crippen molar-refractivity contribution in [2.75, 3.05) is 7.11 Å². The third-order valence-electron chi connectivity index (χ3n) is 5.88. The van der Waals surface area contributed by atoms with E-state index in [1.165, 1.54) is 7.11 Å². The molecule has 0 bridgehead atoms. The second kappa shape index (κ2) is 8.85. The number of hydrogen-bond acceptors (Lipinski definition) is 5. The average molecular weight is 364 g/mol. The highest BCUT2D eigenvalue weighted by atomic mass is 16.5. The van der Waals surface area contributed by atoms with Crippen LogP contribution in [0, 0.1) is 29.6 Å². The summed E-state index contributed by atoms with van der Waals surface area (Å²) < 4.78 is 10.7. The molecule has 0 saturated heterocycles. The number of carbonyl (C=O) groups is 2. The van der Waals surface area contributed by atoms with Crippen LogP contribution in [0.3, 0.4) is 0 Å². The maximum Gasteiger partial charge on any atom is 0.308 e. The van der Waals surface area contributed by atoms with Crippen molar-refractivity contribution in [2.45, 2.75) is 59.2 Å². The van der Waals surface area contributed by atoms with E-state index >= 15 is 0 Å². The molecule has 7 atom stereocenters. The zero-order valence-corrected chi connectivity index (χ0v) is 16.5. The van der Waals surface area contributed by atoms with Gasteiger partial charge in [-0.25, -0.2) is 0 Å². The van der Waals surface area contributed by atoms with Gasteiger partial charge < -0.3 is 14.6 Å². The number of allylic oxidation sites excluding steroid dienone is 2. The number of esters is 2. The first-order valence-electron chi connectivity index (χ1n) is 9.64. The maximum absolute atomic E-state index is 12.4. The maximum atomic E-state index is 12.4. The van der Waals surface area contributed by atoms with Crippen molar-refractivity contribution in [3.05, 3.63) is 23.8 Å². The molecule has 26 heavy (non-hydrogen) atoms. The largest absolute Gasteiger partial charge is 0.469 e. The molecule has 146 valence electrons. The van der Waals surface area contributed by atoms with Crippen molar-refractivity contribution in [1.29, 1.82) is 0 Å². The van der Waals surface area contributed by atoms with Gasteiger partial charge in [0, 0.05) is 12.3 Å². The van der Waals surface area contributed by atoms with Gasteiger partial charge in [0.15, 0.2) is 0 Å². The van der Waals surface area contributed by atoms with Gasteiger partial charge in [-0.1, -0.05) is 45.9 Å². The number of methoxy groups -OCH3 is 1. The lowest BCUT2D eigenvalue weighted by molar-refractivity contribution is -0.160. The summed E-state index contributed by atoms with van der Waals surface area (Å²) in [6.45, 7) is 7.82. The van der Waals surface area contributed by atoms with E-state index in [-0.39, 0.29) is 47.6 Å². The minimum atomic E-state index is -0.618. The minimum Gasteiger partial charge on any atom is -0.469 e. The first kappa shape index (κ1) is 20.7. The predicted octanol–water partition coefficient (Wildman–Crippen LogP) is 3.27. The molecule has 2 aliphatic rings. The van der Waals surface area contributed by atoms with Crippen molar-refractivity contribution >= 4 is 11.9 Å². The normalized spacial score (nSPS) is 32.8. The summed E-state index contributed by atoms with van der Waals surface area (Å²) in [6.07, 6.45) is 6.80. The van der Waals surface area contributed by atoms with Gasteiger partial charge in [-0.05, 0) is 30.3 Å². The molecule has 1 N–H and O–H groups in total. The van der Waals surface area contributed by atoms with Crippen LogP contribution in [0.2, 0.25) is 0 Å². The highest BCUT2D eigenvalue weighted by Crippen LogP contribution is 2.44. The molecule has 0 aromatic rings. The van der Waals surface area contributed by atoms with Crippen molar-refractivity contribution in [1.82, 2.24) is 0 Å². The number of rotatable bonds is 6. The van der Waals surface area contributed by atoms with E-state index in [4.69, 9.17) is 9.47 Å². The van der Waals surface area contributed by atoms with Crippen LogP contribution in [0.1, 0.15) is 47.0 Å². The summed E-state index contributed by atoms with van der Waals surface area (Å²) in [4.78, 5) is 24.3. The van der Waals surface area contributed by atoms with Crippen LogP contribution in [-0.2, 0) is 19.1 Å². The van der Waals surface area contributed by atoms with Crippen LogP contribution < -0.4 is 0 Å². The molecule has 0 aromatic carbocycles. The lowest BCUT2D eigenvalue weighted by Crippen LogP contribution is -2.43. The molecule has 0 saturated carbocycles. The Morgan fingerprint density at radius 2 is 1.96 bits per heavy atom. The fourth-order valence-corrected chi connectivity index (χ4v) is 4.04. The van der Waals surface area contributed by atoms with Crippen LogP contribution in [0.15, 0.2) is 23.8 Å². The minimum absolute atomic E-state index is 0.00138. The summed E-state index contributed by atoms with van der Waals surface area (Å²) in [7, 11) is 1.40. The summed E-state index contributed by atoms with van der Waals surface area (Å²) in [6, 6.07) is 0. The molecule has 0 fully saturated rings. The summed E-state index contributed by atoms with van der Waals surface area (Å²) in [5.74, 6) is -0.414. The van der Waals surface area contributed by atoms with Gasteiger partial charge in [0.25, 0.3) is 0 Å². The molecule has 0 spiro atoms. The van der Waals surface area contributed by atoms with E-state index < -0.39 is 6.10 Å². The highest BCUT2D eigenvalue weighted by molar-refractivity contribution is 5.72. The van der Waals surface area contributed by atoms with Crippen LogP contribution in [0.25, 0.3) is 0 Å². The molecular formula is C21H32O5. The molecule has 2 rings (SSSR count). The van der Waals surface area contributed by atoms with Crippen molar-refractivity contribution in [3.8, 4) is 0 Å². The SMILES string of the molecule is CCC(C)C(=O)O[C@H]1CC(O)C=C2C=CC(C)C(C[C@@H](C)C(=O)OC)C21. The number of aliphatic hydroxyl groups is 1. The second-order valence-corrected chi connectivity index (χ2v) is 7.82. The van der Waals surface area contributed by atoms with Crippen LogP contribution in [0.4, 0.5) is 0 Å². The van der Waals surface area contributed by atoms with Crippen molar-refractivity contribution in [3.63, 3.8) is 0 Å². The molecule has 0 aromatic heterocycles. The van der Waals surface area contributed by atoms with E-state index in [9.17, 15) is 14.7 Å². The van der Waals surface area contributed by atoms with Crippen LogP contribution >= 0.6 is 0 Å². The number of carbonyl (C=O) groups excluding carboxylic acids is 2. The van der Waals surface area contributed by atoms with Gasteiger partial charge in [-0.15, -0.1) is 0 Å². The Kier molecular flexibility index (Phi) is 7.04. The Hall–Kier alpha value is -1.62. The number of hydrogen-bond donors (Lipinski definition) is 1. The summed E-state index contributed by atoms with van der Waals surface area (Å²) in [5.41, 5.74) is 1.01. The number of ether oxygens (including phenoxy) is 2. The molecule has 0 amide bonds. The third-order valence-corrected chi connectivity index (χ3v) is 5.88. The van der Waals surface area contributed by atoms with Gasteiger partial charge in [0.05, 0.1) is 25.0 Å². The van der Waals surface area contributed by atoms with E-state index in [0.717, 1.165) is 12.0 Å². The Labute approximate surface area is 156 Å². The number of aliphatic hydroxyl groups excluding tert-OH is 1. The molecule has 5 nitrogen and oxygen atoms in total. The van der Waals surface area contributed by atoms with E-state index in [1.54, 1.807) is 0 Å². The topological polar surface area (TPSA) is 72.8 Å². The first-order valence-corrected chi connectivity index (χ1v) is 9.64. The molecule has 0 radical (unpaired) electrons. The van der Waals surface area contributed by atoms with Crippen molar-refractivity contribution in [2.24, 2.45) is 29.6 Å². The lowest BCUT2D eigenvalue weighted by Gasteiger charge is -2.43. The van der Waals surface area contributed by atoms with E-state index in [0.29, 0.717) is 12.8 Å². The monoisotopic (exact) mass is 364 g/mol. The molecule has 5 unspecified atom stereocenters. The quantitative estimate of drug-likeness (QED) is 0.732. The Bertz CT molecular complexity index is 579. The first-order chi connectivity index (χ1) is 12.3. The average Bonchev–Trinajstić information content (AvgIpc) is 2.62. The van der Waals surface area contributed by atoms with Gasteiger partial charge in [-0.3, -0.25) is 9.59 Å². The van der Waals surface area contributed by atoms with Gasteiger partial charge >= 0.3 is 11.9 Å². The summed E-state index contributed by atoms with van der Waals surface area (Å²) in [5, 5.41) is 10.2. The van der Waals surface area contributed by atoms with Gasteiger partial charge in [0.1, 0.15) is 6.10 Å². The van der Waals surface area contributed by atoms with Gasteiger partial charge in [0.2, 0.25) is 0 Å². The fourth-order valence-electron chi connectivity index (χ4n) is 4.04. The standard InChI is InChI=1S/C21H32O5/c1-6-12(2)21(24)26-18-11-16(22)10-15-8-7-13(3)17(19(15)18)9-14(4)20(23)25-5/h7-8,10,12-14,16-19,22H,6,9,11H2,1-5H3/t12?,13?,14-,16?,17?,18+,19?/m1/s1. The Morgan fingerprint density at radius 3 is 2.58 bits per heavy atom. The van der Waals surface area contributed by atoms with Gasteiger partial charge in [-0.2, -0.15) is 0 Å². The fraction of sp³-hybridized carbons (Fsp3) is 0.714.